The van der Waals surface area contributed by atoms with Crippen molar-refractivity contribution in [2.45, 2.75) is 303 Å². The fourth-order valence-electron chi connectivity index (χ4n) is 9.69. The quantitative estimate of drug-likeness (QED) is 0.0169. The van der Waals surface area contributed by atoms with Gasteiger partial charge in [0.1, 0.15) is 19.3 Å². The lowest BCUT2D eigenvalue weighted by Crippen LogP contribution is -2.30. The van der Waals surface area contributed by atoms with Gasteiger partial charge in [-0.1, -0.05) is 268 Å². The number of aliphatic hydroxyl groups excluding tert-OH is 1. The normalized spacial score (nSPS) is 14.8. The van der Waals surface area contributed by atoms with E-state index in [2.05, 4.69) is 180 Å². The van der Waals surface area contributed by atoms with Crippen LogP contribution < -0.4 is 0 Å². The third-order valence-corrected chi connectivity index (χ3v) is 17.6. The van der Waals surface area contributed by atoms with Crippen LogP contribution in [0, 0.1) is 0 Å². The van der Waals surface area contributed by atoms with E-state index in [-0.39, 0.29) is 25.7 Å². The molecular formula is C85H138O17P2. The maximum atomic E-state index is 13.1. The molecule has 19 heteroatoms. The molecule has 0 aliphatic carbocycles. The third-order valence-electron chi connectivity index (χ3n) is 15.7. The molecule has 5 atom stereocenters. The summed E-state index contributed by atoms with van der Waals surface area (Å²) < 4.78 is 68.4. The molecule has 0 spiro atoms. The number of carbonyl (C=O) groups excluding carboxylic acids is 4. The summed E-state index contributed by atoms with van der Waals surface area (Å²) in [7, 11) is -10.0. The molecule has 0 radical (unpaired) electrons. The number of hydrogen-bond acceptors (Lipinski definition) is 15. The molecule has 0 fully saturated rings. The number of rotatable bonds is 72. The van der Waals surface area contributed by atoms with E-state index in [1.165, 1.54) is 32.1 Å². The summed E-state index contributed by atoms with van der Waals surface area (Å²) in [6.45, 7) is 4.41. The minimum absolute atomic E-state index is 0.0218. The lowest BCUT2D eigenvalue weighted by molar-refractivity contribution is -0.161. The van der Waals surface area contributed by atoms with Crippen molar-refractivity contribution < 1.29 is 80.2 Å². The van der Waals surface area contributed by atoms with Crippen LogP contribution in [-0.4, -0.2) is 96.7 Å². The van der Waals surface area contributed by atoms with Gasteiger partial charge in [0.25, 0.3) is 0 Å². The Morgan fingerprint density at radius 1 is 0.279 bits per heavy atom. The lowest BCUT2D eigenvalue weighted by Gasteiger charge is -2.21. The zero-order chi connectivity index (χ0) is 76.0. The molecule has 0 aromatic rings. The van der Waals surface area contributed by atoms with Crippen LogP contribution in [-0.2, 0) is 65.4 Å². The first-order chi connectivity index (χ1) is 50.7. The van der Waals surface area contributed by atoms with Gasteiger partial charge in [0.15, 0.2) is 12.2 Å². The second kappa shape index (κ2) is 75.6. The highest BCUT2D eigenvalue weighted by atomic mass is 31.2. The van der Waals surface area contributed by atoms with Gasteiger partial charge < -0.3 is 33.8 Å². The molecule has 590 valence electrons. The number of aliphatic hydroxyl groups is 1. The summed E-state index contributed by atoms with van der Waals surface area (Å²) >= 11 is 0. The van der Waals surface area contributed by atoms with Crippen LogP contribution in [0.25, 0.3) is 0 Å². The van der Waals surface area contributed by atoms with Gasteiger partial charge in [0.2, 0.25) is 0 Å². The van der Waals surface area contributed by atoms with Crippen molar-refractivity contribution in [3.63, 3.8) is 0 Å². The summed E-state index contributed by atoms with van der Waals surface area (Å²) in [5.74, 6) is -2.35. The van der Waals surface area contributed by atoms with Gasteiger partial charge >= 0.3 is 39.5 Å². The zero-order valence-electron chi connectivity index (χ0n) is 64.4. The molecule has 0 rings (SSSR count). The second-order valence-corrected chi connectivity index (χ2v) is 28.4. The van der Waals surface area contributed by atoms with Gasteiger partial charge in [0, 0.05) is 25.7 Å². The Kier molecular flexibility index (Phi) is 71.6. The fraction of sp³-hybridized carbons (Fsp3) is 0.624. The van der Waals surface area contributed by atoms with Crippen molar-refractivity contribution in [2.75, 3.05) is 39.6 Å². The van der Waals surface area contributed by atoms with E-state index < -0.39 is 97.5 Å². The van der Waals surface area contributed by atoms with Crippen LogP contribution in [0.5, 0.6) is 0 Å². The van der Waals surface area contributed by atoms with E-state index >= 15 is 0 Å². The summed E-state index contributed by atoms with van der Waals surface area (Å²) in [5, 5.41) is 10.6. The molecule has 104 heavy (non-hydrogen) atoms. The van der Waals surface area contributed by atoms with Gasteiger partial charge in [-0.05, 0) is 161 Å². The van der Waals surface area contributed by atoms with E-state index in [9.17, 15) is 43.2 Å². The molecule has 0 aliphatic heterocycles. The first-order valence-corrected chi connectivity index (χ1v) is 42.4. The number of allylic oxidation sites excluding steroid dienone is 28. The van der Waals surface area contributed by atoms with Crippen LogP contribution in [0.3, 0.4) is 0 Å². The van der Waals surface area contributed by atoms with Crippen LogP contribution in [0.4, 0.5) is 0 Å². The number of ether oxygens (including phenoxy) is 4. The molecule has 17 nitrogen and oxygen atoms in total. The monoisotopic (exact) mass is 1490 g/mol. The Morgan fingerprint density at radius 3 is 0.875 bits per heavy atom. The largest absolute Gasteiger partial charge is 0.472 e. The number of phosphoric ester groups is 2. The average Bonchev–Trinajstić information content (AvgIpc) is 0.928. The molecule has 0 amide bonds. The Balaban J connectivity index is 5.48. The highest BCUT2D eigenvalue weighted by molar-refractivity contribution is 7.47. The minimum Gasteiger partial charge on any atom is -0.462 e. The number of unbranched alkanes of at least 4 members (excludes halogenated alkanes) is 18. The molecule has 0 bridgehead atoms. The lowest BCUT2D eigenvalue weighted by atomic mass is 10.1. The van der Waals surface area contributed by atoms with Crippen molar-refractivity contribution in [2.24, 2.45) is 0 Å². The van der Waals surface area contributed by atoms with Gasteiger partial charge in [-0.25, -0.2) is 9.13 Å². The topological polar surface area (TPSA) is 237 Å². The molecule has 0 aliphatic rings. The third kappa shape index (κ3) is 74.7. The fourth-order valence-corrected chi connectivity index (χ4v) is 11.3. The maximum absolute atomic E-state index is 13.1. The number of hydrogen-bond donors (Lipinski definition) is 3. The van der Waals surface area contributed by atoms with E-state index in [0.717, 1.165) is 167 Å². The average molecular weight is 1490 g/mol. The van der Waals surface area contributed by atoms with E-state index in [0.29, 0.717) is 32.1 Å². The molecule has 0 aromatic heterocycles. The molecular weight excluding hydrogens is 1350 g/mol. The molecule has 0 heterocycles. The van der Waals surface area contributed by atoms with E-state index in [1.807, 2.05) is 18.2 Å². The smallest absolute Gasteiger partial charge is 0.462 e. The Morgan fingerprint density at radius 2 is 0.529 bits per heavy atom. The van der Waals surface area contributed by atoms with E-state index in [1.54, 1.807) is 0 Å². The number of esters is 4. The first kappa shape index (κ1) is 98.4. The molecule has 5 unspecified atom stereocenters. The molecule has 0 saturated carbocycles. The first-order valence-electron chi connectivity index (χ1n) is 39.4. The van der Waals surface area contributed by atoms with Gasteiger partial charge in [-0.3, -0.25) is 37.3 Å². The Labute approximate surface area is 629 Å². The van der Waals surface area contributed by atoms with Gasteiger partial charge in [-0.15, -0.1) is 0 Å². The summed E-state index contributed by atoms with van der Waals surface area (Å²) in [6.07, 6.45) is 89.3. The van der Waals surface area contributed by atoms with Crippen molar-refractivity contribution in [3.05, 3.63) is 170 Å². The van der Waals surface area contributed by atoms with Crippen molar-refractivity contribution >= 4 is 39.5 Å². The predicted molar refractivity (Wildman–Crippen MR) is 426 cm³/mol. The Bertz CT molecular complexity index is 2640. The van der Waals surface area contributed by atoms with Crippen LogP contribution in [0.1, 0.15) is 285 Å². The summed E-state index contributed by atoms with van der Waals surface area (Å²) in [4.78, 5) is 72.9. The minimum atomic E-state index is -5.01. The van der Waals surface area contributed by atoms with Crippen LogP contribution in [0.2, 0.25) is 0 Å². The zero-order valence-corrected chi connectivity index (χ0v) is 66.2. The molecule has 0 saturated heterocycles. The standard InChI is InChI=1S/C85H138O17P2/c1-5-9-13-17-21-25-29-32-35-37-39-41-44-47-51-54-58-62-66-70-83(88)96-76-81(102-85(90)72-68-64-60-56-52-48-45-42-40-38-36-33-30-26-22-18-14-10-6-2)78-100-104(93,94)98-74-79(86)73-97-103(91,92)99-77-80(101-84(89)71-67-63-59-55-49-28-24-20-16-12-8-4)75-95-82(87)69-65-61-57-53-50-46-43-34-31-27-23-19-15-11-7-3/h9-10,13-14,20-27,32-36,39-43,47-48,51-52,58,62,79-81,86H,5-8,11-12,15-19,28-31,37-38,44-46,49-50,53-57,59-61,63-78H2,1-4H3,(H,91,92)(H,93,94)/b13-9-,14-10-,24-20-,25-21-,26-22-,27-23-,35-32-,36-33-,41-39-,42-40-,43-34-,51-47-,52-48-,62-58-. The van der Waals surface area contributed by atoms with Crippen molar-refractivity contribution in [1.82, 2.24) is 0 Å². The maximum Gasteiger partial charge on any atom is 0.472 e. The number of phosphoric acid groups is 2. The highest BCUT2D eigenvalue weighted by Crippen LogP contribution is 2.45. The highest BCUT2D eigenvalue weighted by Gasteiger charge is 2.30. The molecule has 0 aromatic carbocycles. The van der Waals surface area contributed by atoms with E-state index in [4.69, 9.17) is 37.0 Å². The number of carbonyl (C=O) groups is 4. The van der Waals surface area contributed by atoms with Crippen LogP contribution in [0.15, 0.2) is 170 Å². The van der Waals surface area contributed by atoms with Gasteiger partial charge in [0.05, 0.1) is 26.4 Å². The molecule has 3 N–H and O–H groups in total. The van der Waals surface area contributed by atoms with Crippen molar-refractivity contribution in [3.8, 4) is 0 Å². The van der Waals surface area contributed by atoms with Crippen molar-refractivity contribution in [1.29, 1.82) is 0 Å². The summed E-state index contributed by atoms with van der Waals surface area (Å²) in [6, 6.07) is 0. The second-order valence-electron chi connectivity index (χ2n) is 25.5. The predicted octanol–water partition coefficient (Wildman–Crippen LogP) is 23.0. The van der Waals surface area contributed by atoms with Crippen LogP contribution >= 0.6 is 15.6 Å². The summed E-state index contributed by atoms with van der Waals surface area (Å²) in [5.41, 5.74) is 0. The SMILES string of the molecule is CC/C=C\C/C=C\C/C=C\C/C=C\C/C=C\C/C=C\CCC(=O)OCC(COP(=O)(O)OCC(O)COP(=O)(O)OCC(COC(=O)CCCCCCC/C=C\C/C=C\CCCCC)OC(=O)CCCCCCC/C=C\CCCC)OC(=O)CCCCC/C=C\C/C=C\C/C=C\C/C=C\C/C=C\CC. The van der Waals surface area contributed by atoms with Gasteiger partial charge in [-0.2, -0.15) is 0 Å². The Hall–Kier alpha value is -5.58.